The summed E-state index contributed by atoms with van der Waals surface area (Å²) < 4.78 is 5.49. The van der Waals surface area contributed by atoms with Crippen LogP contribution in [0.3, 0.4) is 0 Å². The Morgan fingerprint density at radius 2 is 2.00 bits per heavy atom. The lowest BCUT2D eigenvalue weighted by Gasteiger charge is -2.27. The molecule has 1 unspecified atom stereocenters. The van der Waals surface area contributed by atoms with Crippen molar-refractivity contribution in [3.05, 3.63) is 45.5 Å². The summed E-state index contributed by atoms with van der Waals surface area (Å²) in [7, 11) is 4.59. The molecule has 0 amide bonds. The highest BCUT2D eigenvalue weighted by Gasteiger charge is 2.25. The zero-order chi connectivity index (χ0) is 23.0. The molecule has 170 valence electrons. The van der Waals surface area contributed by atoms with Crippen molar-refractivity contribution in [3.8, 4) is 11.5 Å². The number of benzene rings is 1. The SMILES string of the molecule is CO/N=C/c1c(C)c(Cl)c(OC)c(C/C=C(C)/C=C/C2CCC/C(=N\OC)[C@@H]2C)c1O. The van der Waals surface area contributed by atoms with Crippen molar-refractivity contribution in [2.24, 2.45) is 22.1 Å². The van der Waals surface area contributed by atoms with Gasteiger partial charge in [0.15, 0.2) is 0 Å². The van der Waals surface area contributed by atoms with Crippen molar-refractivity contribution in [1.82, 2.24) is 0 Å². The maximum Gasteiger partial charge on any atom is 0.144 e. The minimum atomic E-state index is 0.0916. The van der Waals surface area contributed by atoms with Crippen LogP contribution >= 0.6 is 11.6 Å². The zero-order valence-electron chi connectivity index (χ0n) is 19.2. The summed E-state index contributed by atoms with van der Waals surface area (Å²) in [4.78, 5) is 9.75. The molecule has 2 atom stereocenters. The average Bonchev–Trinajstić information content (AvgIpc) is 2.76. The lowest BCUT2D eigenvalue weighted by Crippen LogP contribution is -2.25. The predicted octanol–water partition coefficient (Wildman–Crippen LogP) is 5.83. The van der Waals surface area contributed by atoms with Gasteiger partial charge in [0, 0.05) is 17.0 Å². The van der Waals surface area contributed by atoms with Crippen LogP contribution < -0.4 is 4.74 Å². The van der Waals surface area contributed by atoms with Gasteiger partial charge in [-0.1, -0.05) is 52.6 Å². The number of allylic oxidation sites excluding steroid dienone is 4. The van der Waals surface area contributed by atoms with Crippen LogP contribution in [0, 0.1) is 18.8 Å². The zero-order valence-corrected chi connectivity index (χ0v) is 20.0. The van der Waals surface area contributed by atoms with Gasteiger partial charge in [0.05, 0.1) is 24.1 Å². The minimum Gasteiger partial charge on any atom is -0.507 e. The van der Waals surface area contributed by atoms with E-state index in [2.05, 4.69) is 35.5 Å². The Morgan fingerprint density at radius 3 is 2.65 bits per heavy atom. The predicted molar refractivity (Wildman–Crippen MR) is 127 cm³/mol. The number of ether oxygens (including phenoxy) is 1. The Balaban J connectivity index is 2.26. The molecule has 0 aliphatic heterocycles. The highest BCUT2D eigenvalue weighted by Crippen LogP contribution is 2.41. The molecule has 0 spiro atoms. The molecule has 2 rings (SSSR count). The lowest BCUT2D eigenvalue weighted by molar-refractivity contribution is 0.207. The minimum absolute atomic E-state index is 0.0916. The van der Waals surface area contributed by atoms with Crippen LogP contribution in [-0.2, 0) is 16.1 Å². The molecule has 1 saturated carbocycles. The lowest BCUT2D eigenvalue weighted by atomic mass is 9.78. The molecule has 1 aromatic rings. The van der Waals surface area contributed by atoms with E-state index in [0.29, 0.717) is 45.7 Å². The van der Waals surface area contributed by atoms with E-state index in [4.69, 9.17) is 26.0 Å². The number of phenolic OH excluding ortho intramolecular Hbond substituents is 1. The molecule has 31 heavy (non-hydrogen) atoms. The smallest absolute Gasteiger partial charge is 0.144 e. The summed E-state index contributed by atoms with van der Waals surface area (Å²) in [6.07, 6.45) is 11.6. The van der Waals surface area contributed by atoms with Gasteiger partial charge < -0.3 is 19.5 Å². The summed E-state index contributed by atoms with van der Waals surface area (Å²) in [5, 5.41) is 19.3. The Bertz CT molecular complexity index is 890. The first kappa shape index (κ1) is 24.8. The van der Waals surface area contributed by atoms with Crippen LogP contribution in [0.25, 0.3) is 0 Å². The summed E-state index contributed by atoms with van der Waals surface area (Å²) in [6.45, 7) is 6.05. The molecule has 1 N–H and O–H groups in total. The van der Waals surface area contributed by atoms with E-state index < -0.39 is 0 Å². The monoisotopic (exact) mass is 448 g/mol. The second kappa shape index (κ2) is 11.8. The normalized spacial score (nSPS) is 21.3. The summed E-state index contributed by atoms with van der Waals surface area (Å²) in [5.41, 5.74) is 4.03. The number of aromatic hydroxyl groups is 1. The third kappa shape index (κ3) is 6.03. The van der Waals surface area contributed by atoms with Crippen LogP contribution in [-0.4, -0.2) is 38.4 Å². The van der Waals surface area contributed by atoms with Crippen molar-refractivity contribution in [2.45, 2.75) is 46.5 Å². The molecule has 1 aliphatic carbocycles. The fourth-order valence-electron chi connectivity index (χ4n) is 3.89. The van der Waals surface area contributed by atoms with Crippen molar-refractivity contribution >= 4 is 23.5 Å². The molecule has 0 heterocycles. The van der Waals surface area contributed by atoms with Crippen LogP contribution in [0.2, 0.25) is 5.02 Å². The van der Waals surface area contributed by atoms with Crippen LogP contribution in [0.5, 0.6) is 11.5 Å². The first-order valence-corrected chi connectivity index (χ1v) is 10.8. The number of halogens is 1. The number of rotatable bonds is 8. The molecule has 1 aliphatic rings. The van der Waals surface area contributed by atoms with Crippen molar-refractivity contribution in [2.75, 3.05) is 21.3 Å². The molecular formula is C24H33ClN2O4. The summed E-state index contributed by atoms with van der Waals surface area (Å²) in [6, 6.07) is 0. The van der Waals surface area contributed by atoms with E-state index in [1.54, 1.807) is 14.2 Å². The standard InChI is InChI=1S/C24H33ClN2O4/c1-15(10-12-18-8-7-9-21(16(18)2)27-31-6)11-13-19-23(28)20(14-26-30-5)17(3)22(25)24(19)29-4/h10-12,14,16,18,28H,7-9,13H2,1-6H3/b12-10+,15-11+,26-14+,27-21+/t16-,18?/m1/s1. The number of phenols is 1. The number of oxime groups is 2. The van der Waals surface area contributed by atoms with Gasteiger partial charge in [0.2, 0.25) is 0 Å². The Labute approximate surface area is 190 Å². The van der Waals surface area contributed by atoms with Crippen molar-refractivity contribution in [3.63, 3.8) is 0 Å². The fourth-order valence-corrected chi connectivity index (χ4v) is 4.19. The van der Waals surface area contributed by atoms with E-state index in [1.807, 2.05) is 13.8 Å². The third-order valence-corrected chi connectivity index (χ3v) is 6.28. The Morgan fingerprint density at radius 1 is 1.26 bits per heavy atom. The van der Waals surface area contributed by atoms with E-state index >= 15 is 0 Å². The maximum absolute atomic E-state index is 10.8. The van der Waals surface area contributed by atoms with Crippen LogP contribution in [0.1, 0.15) is 49.8 Å². The maximum atomic E-state index is 10.8. The average molecular weight is 449 g/mol. The molecule has 7 heteroatoms. The largest absolute Gasteiger partial charge is 0.507 e. The molecule has 6 nitrogen and oxygen atoms in total. The van der Waals surface area contributed by atoms with Crippen LogP contribution in [0.15, 0.2) is 34.1 Å². The van der Waals surface area contributed by atoms with Gasteiger partial charge >= 0.3 is 0 Å². The Hall–Kier alpha value is -2.47. The quantitative estimate of drug-likeness (QED) is 0.308. The van der Waals surface area contributed by atoms with Crippen molar-refractivity contribution in [1.29, 1.82) is 0 Å². The van der Waals surface area contributed by atoms with Gasteiger partial charge in [-0.05, 0) is 51.0 Å². The van der Waals surface area contributed by atoms with Gasteiger partial charge in [0.25, 0.3) is 0 Å². The Kier molecular flexibility index (Phi) is 9.44. The second-order valence-electron chi connectivity index (χ2n) is 7.75. The molecule has 1 aromatic carbocycles. The highest BCUT2D eigenvalue weighted by molar-refractivity contribution is 6.33. The van der Waals surface area contributed by atoms with E-state index in [1.165, 1.54) is 13.3 Å². The van der Waals surface area contributed by atoms with E-state index in [0.717, 1.165) is 30.5 Å². The fraction of sp³-hybridized carbons (Fsp3) is 0.500. The van der Waals surface area contributed by atoms with Gasteiger partial charge in [-0.3, -0.25) is 0 Å². The van der Waals surface area contributed by atoms with Gasteiger partial charge in [-0.15, -0.1) is 0 Å². The number of nitrogens with zero attached hydrogens (tertiary/aromatic N) is 2. The number of hydrogen-bond acceptors (Lipinski definition) is 6. The van der Waals surface area contributed by atoms with Gasteiger partial charge in [-0.25, -0.2) is 0 Å². The number of hydrogen-bond donors (Lipinski definition) is 1. The first-order chi connectivity index (χ1) is 14.8. The molecular weight excluding hydrogens is 416 g/mol. The molecule has 0 radical (unpaired) electrons. The van der Waals surface area contributed by atoms with E-state index in [-0.39, 0.29) is 5.75 Å². The summed E-state index contributed by atoms with van der Waals surface area (Å²) >= 11 is 6.49. The number of methoxy groups -OCH3 is 1. The first-order valence-electron chi connectivity index (χ1n) is 10.4. The summed E-state index contributed by atoms with van der Waals surface area (Å²) in [5.74, 6) is 1.36. The third-order valence-electron chi connectivity index (χ3n) is 5.82. The van der Waals surface area contributed by atoms with Gasteiger partial charge in [0.1, 0.15) is 25.7 Å². The molecule has 0 bridgehead atoms. The van der Waals surface area contributed by atoms with Crippen LogP contribution in [0.4, 0.5) is 0 Å². The molecule has 1 fully saturated rings. The van der Waals surface area contributed by atoms with E-state index in [9.17, 15) is 5.11 Å². The molecule has 0 aromatic heterocycles. The topological polar surface area (TPSA) is 72.6 Å². The molecule has 0 saturated heterocycles. The highest BCUT2D eigenvalue weighted by atomic mass is 35.5. The van der Waals surface area contributed by atoms with Gasteiger partial charge in [-0.2, -0.15) is 0 Å². The second-order valence-corrected chi connectivity index (χ2v) is 8.13. The van der Waals surface area contributed by atoms with Crippen molar-refractivity contribution < 1.29 is 19.5 Å².